The minimum absolute atomic E-state index is 0.00987. The number of aromatic carboxylic acids is 1. The van der Waals surface area contributed by atoms with Crippen LogP contribution in [0.25, 0.3) is 12.2 Å². The number of hydrogen-bond acceptors (Lipinski definition) is 7. The topological polar surface area (TPSA) is 151 Å². The van der Waals surface area contributed by atoms with Crippen molar-refractivity contribution in [2.75, 3.05) is 16.8 Å². The maximum atomic E-state index is 12.2. The number of phenols is 1. The Labute approximate surface area is 203 Å². The third-order valence-electron chi connectivity index (χ3n) is 5.20. The lowest BCUT2D eigenvalue weighted by atomic mass is 9.89. The molecule has 0 saturated carbocycles. The zero-order valence-electron chi connectivity index (χ0n) is 18.3. The van der Waals surface area contributed by atoms with Crippen LogP contribution < -0.4 is 31.8 Å². The first kappa shape index (κ1) is 23.9. The summed E-state index contributed by atoms with van der Waals surface area (Å²) in [7, 11) is 0. The number of rotatable bonds is 7. The lowest BCUT2D eigenvalue weighted by Crippen LogP contribution is -2.32. The van der Waals surface area contributed by atoms with Crippen LogP contribution in [0.3, 0.4) is 0 Å². The van der Waals surface area contributed by atoms with Gasteiger partial charge in [0.1, 0.15) is 17.2 Å². The molecule has 3 aromatic carbocycles. The SMILES string of the molecule is C=c1ccc2c(c1)Oc1cc(O)ccc1C=2c1ccc(NC(=O)CSCC(=O)NN)cc1C(=O)O. The van der Waals surface area contributed by atoms with Crippen LogP contribution in [0.1, 0.15) is 21.5 Å². The van der Waals surface area contributed by atoms with Crippen molar-refractivity contribution in [2.24, 2.45) is 5.84 Å². The number of thioether (sulfide) groups is 1. The van der Waals surface area contributed by atoms with E-state index in [-0.39, 0.29) is 22.8 Å². The number of carboxylic acids is 1. The Morgan fingerprint density at radius 1 is 0.943 bits per heavy atom. The lowest BCUT2D eigenvalue weighted by Gasteiger charge is -2.22. The van der Waals surface area contributed by atoms with Gasteiger partial charge in [-0.2, -0.15) is 0 Å². The van der Waals surface area contributed by atoms with Crippen LogP contribution >= 0.6 is 11.8 Å². The quantitative estimate of drug-likeness (QED) is 0.148. The van der Waals surface area contributed by atoms with E-state index >= 15 is 0 Å². The first-order valence-electron chi connectivity index (χ1n) is 10.4. The summed E-state index contributed by atoms with van der Waals surface area (Å²) in [6.45, 7) is 3.92. The number of carbonyl (C=O) groups excluding carboxylic acids is 2. The van der Waals surface area contributed by atoms with Crippen molar-refractivity contribution in [3.8, 4) is 17.2 Å². The van der Waals surface area contributed by atoms with E-state index < -0.39 is 17.8 Å². The van der Waals surface area contributed by atoms with Gasteiger partial charge in [-0.25, -0.2) is 10.6 Å². The summed E-state index contributed by atoms with van der Waals surface area (Å²) < 4.78 is 5.97. The summed E-state index contributed by atoms with van der Waals surface area (Å²) in [5, 5.41) is 24.0. The Morgan fingerprint density at radius 2 is 1.69 bits per heavy atom. The highest BCUT2D eigenvalue weighted by Crippen LogP contribution is 2.39. The van der Waals surface area contributed by atoms with Crippen molar-refractivity contribution in [2.45, 2.75) is 0 Å². The van der Waals surface area contributed by atoms with Gasteiger partial charge in [-0.05, 0) is 41.1 Å². The second-order valence-corrected chi connectivity index (χ2v) is 8.65. The molecule has 6 N–H and O–H groups in total. The molecule has 0 saturated heterocycles. The maximum Gasteiger partial charge on any atom is 0.336 e. The third-order valence-corrected chi connectivity index (χ3v) is 6.13. The molecule has 3 aromatic rings. The lowest BCUT2D eigenvalue weighted by molar-refractivity contribution is -0.118. The number of amides is 2. The van der Waals surface area contributed by atoms with Gasteiger partial charge in [-0.15, -0.1) is 11.8 Å². The van der Waals surface area contributed by atoms with Gasteiger partial charge < -0.3 is 20.3 Å². The predicted molar refractivity (Wildman–Crippen MR) is 133 cm³/mol. The largest absolute Gasteiger partial charge is 0.508 e. The van der Waals surface area contributed by atoms with Crippen LogP contribution in [0.2, 0.25) is 0 Å². The van der Waals surface area contributed by atoms with E-state index in [9.17, 15) is 24.6 Å². The van der Waals surface area contributed by atoms with Crippen molar-refractivity contribution in [3.05, 3.63) is 81.7 Å². The Hall–Kier alpha value is -4.28. The molecule has 4 rings (SSSR count). The minimum atomic E-state index is -1.18. The van der Waals surface area contributed by atoms with Crippen molar-refractivity contribution in [1.82, 2.24) is 5.43 Å². The maximum absolute atomic E-state index is 12.2. The van der Waals surface area contributed by atoms with Gasteiger partial charge in [0.15, 0.2) is 0 Å². The number of nitrogens with two attached hydrogens (primary N) is 1. The summed E-state index contributed by atoms with van der Waals surface area (Å²) in [6, 6.07) is 14.6. The molecule has 178 valence electrons. The number of carbonyl (C=O) groups is 3. The zero-order valence-corrected chi connectivity index (χ0v) is 19.1. The molecule has 0 spiro atoms. The summed E-state index contributed by atoms with van der Waals surface area (Å²) >= 11 is 1.07. The molecule has 0 aromatic heterocycles. The standard InChI is InChI=1S/C25H21N3O6S/c1-13-2-5-17-20(8-13)34-21-10-15(29)4-7-18(21)24(17)16-6-3-14(9-19(16)25(32)33)27-22(30)11-35-12-23(31)28-26/h2-10,29H,1,11-12,26H2,(H,27,30)(H,28,31)(H,32,33). The molecule has 1 aliphatic heterocycles. The highest BCUT2D eigenvalue weighted by molar-refractivity contribution is 8.00. The number of hydrogen-bond donors (Lipinski definition) is 5. The number of hydrazine groups is 1. The molecule has 0 fully saturated rings. The average Bonchev–Trinajstić information content (AvgIpc) is 2.82. The number of carboxylic acid groups (broad SMARTS) is 1. The van der Waals surface area contributed by atoms with E-state index in [1.54, 1.807) is 36.4 Å². The van der Waals surface area contributed by atoms with Gasteiger partial charge in [0.05, 0.1) is 17.1 Å². The summed E-state index contributed by atoms with van der Waals surface area (Å²) in [6.07, 6.45) is 0. The van der Waals surface area contributed by atoms with E-state index in [1.807, 2.05) is 5.43 Å². The van der Waals surface area contributed by atoms with Crippen molar-refractivity contribution < 1.29 is 29.3 Å². The van der Waals surface area contributed by atoms with E-state index in [4.69, 9.17) is 10.6 Å². The van der Waals surface area contributed by atoms with E-state index in [0.717, 1.165) is 11.8 Å². The molecule has 0 atom stereocenters. The first-order valence-corrected chi connectivity index (χ1v) is 11.5. The number of aromatic hydroxyl groups is 1. The van der Waals surface area contributed by atoms with Gasteiger partial charge in [0, 0.05) is 28.1 Å². The summed E-state index contributed by atoms with van der Waals surface area (Å²) in [5.74, 6) is 3.92. The number of benzene rings is 3. The zero-order chi connectivity index (χ0) is 25.1. The van der Waals surface area contributed by atoms with E-state index in [0.29, 0.717) is 44.3 Å². The molecule has 1 aliphatic rings. The molecule has 35 heavy (non-hydrogen) atoms. The van der Waals surface area contributed by atoms with Gasteiger partial charge >= 0.3 is 5.97 Å². The number of phenolic OH excluding ortho intramolecular Hbond substituents is 1. The van der Waals surface area contributed by atoms with Crippen LogP contribution in [-0.2, 0) is 9.59 Å². The molecule has 10 heteroatoms. The van der Waals surface area contributed by atoms with Crippen molar-refractivity contribution in [3.63, 3.8) is 0 Å². The van der Waals surface area contributed by atoms with Crippen molar-refractivity contribution >= 4 is 47.4 Å². The second kappa shape index (κ2) is 9.92. The van der Waals surface area contributed by atoms with Crippen molar-refractivity contribution in [1.29, 1.82) is 0 Å². The summed E-state index contributed by atoms with van der Waals surface area (Å²) in [4.78, 5) is 35.7. The monoisotopic (exact) mass is 491 g/mol. The van der Waals surface area contributed by atoms with Gasteiger partial charge in [-0.3, -0.25) is 15.0 Å². The smallest absolute Gasteiger partial charge is 0.336 e. The molecular weight excluding hydrogens is 470 g/mol. The highest BCUT2D eigenvalue weighted by Gasteiger charge is 2.24. The fraction of sp³-hybridized carbons (Fsp3) is 0.0800. The first-order chi connectivity index (χ1) is 16.8. The minimum Gasteiger partial charge on any atom is -0.508 e. The molecular formula is C25H21N3O6S. The van der Waals surface area contributed by atoms with Crippen LogP contribution in [-0.4, -0.2) is 39.5 Å². The Balaban J connectivity index is 1.76. The van der Waals surface area contributed by atoms with E-state index in [1.165, 1.54) is 18.2 Å². The molecule has 0 aliphatic carbocycles. The molecule has 2 amide bonds. The van der Waals surface area contributed by atoms with Crippen LogP contribution in [0.15, 0.2) is 54.6 Å². The Bertz CT molecular complexity index is 1470. The van der Waals surface area contributed by atoms with Crippen LogP contribution in [0.4, 0.5) is 5.69 Å². The molecule has 0 unspecified atom stereocenters. The molecule has 0 radical (unpaired) electrons. The Kier molecular flexibility index (Phi) is 6.76. The molecule has 1 heterocycles. The van der Waals surface area contributed by atoms with Gasteiger partial charge in [0.25, 0.3) is 0 Å². The predicted octanol–water partition coefficient (Wildman–Crippen LogP) is 1.52. The molecule has 0 bridgehead atoms. The van der Waals surface area contributed by atoms with Crippen LogP contribution in [0, 0.1) is 0 Å². The average molecular weight is 492 g/mol. The second-order valence-electron chi connectivity index (χ2n) is 7.66. The van der Waals surface area contributed by atoms with Gasteiger partial charge in [0.2, 0.25) is 11.8 Å². The molecule has 9 nitrogen and oxygen atoms in total. The third kappa shape index (κ3) is 5.13. The normalized spacial score (nSPS) is 11.6. The fourth-order valence-electron chi connectivity index (χ4n) is 3.71. The summed E-state index contributed by atoms with van der Waals surface area (Å²) in [5.41, 5.74) is 3.89. The number of nitrogens with one attached hydrogen (secondary N) is 2. The van der Waals surface area contributed by atoms with E-state index in [2.05, 4.69) is 11.9 Å². The fourth-order valence-corrected chi connectivity index (χ4v) is 4.33. The highest BCUT2D eigenvalue weighted by atomic mass is 32.2. The van der Waals surface area contributed by atoms with Gasteiger partial charge in [-0.1, -0.05) is 24.8 Å². The number of anilines is 1. The van der Waals surface area contributed by atoms with Crippen LogP contribution in [0.5, 0.6) is 17.2 Å². The number of ether oxygens (including phenoxy) is 1. The Morgan fingerprint density at radius 3 is 2.43 bits per heavy atom. The number of fused-ring (bicyclic) bond motifs is 2.